The van der Waals surface area contributed by atoms with E-state index >= 15 is 0 Å². The standard InChI is InChI=1S/C15H13N3OS/c1-10-3-5-16-13(7-10)18-8-12(9-19)14(17-18)15-11(2)4-6-20-15/h3-9H,1-2H3. The van der Waals surface area contributed by atoms with E-state index in [1.165, 1.54) is 0 Å². The summed E-state index contributed by atoms with van der Waals surface area (Å²) in [4.78, 5) is 16.6. The lowest BCUT2D eigenvalue weighted by molar-refractivity contribution is 0.112. The normalized spacial score (nSPS) is 10.7. The van der Waals surface area contributed by atoms with E-state index in [1.54, 1.807) is 28.4 Å². The third-order valence-corrected chi connectivity index (χ3v) is 4.11. The van der Waals surface area contributed by atoms with Gasteiger partial charge in [0, 0.05) is 12.4 Å². The van der Waals surface area contributed by atoms with Crippen molar-refractivity contribution in [2.24, 2.45) is 0 Å². The molecule has 20 heavy (non-hydrogen) atoms. The average Bonchev–Trinajstić information content (AvgIpc) is 3.04. The zero-order chi connectivity index (χ0) is 14.1. The molecule has 3 rings (SSSR count). The number of hydrogen-bond donors (Lipinski definition) is 0. The van der Waals surface area contributed by atoms with Gasteiger partial charge in [-0.1, -0.05) is 0 Å². The lowest BCUT2D eigenvalue weighted by atomic mass is 10.2. The Balaban J connectivity index is 2.14. The minimum atomic E-state index is 0.582. The Hall–Kier alpha value is -2.27. The number of nitrogens with zero attached hydrogens (tertiary/aromatic N) is 3. The van der Waals surface area contributed by atoms with Crippen molar-refractivity contribution < 1.29 is 4.79 Å². The summed E-state index contributed by atoms with van der Waals surface area (Å²) >= 11 is 1.59. The summed E-state index contributed by atoms with van der Waals surface area (Å²) < 4.78 is 1.66. The fourth-order valence-electron chi connectivity index (χ4n) is 2.03. The largest absolute Gasteiger partial charge is 0.298 e. The highest BCUT2D eigenvalue weighted by Gasteiger charge is 2.15. The smallest absolute Gasteiger partial charge is 0.153 e. The van der Waals surface area contributed by atoms with Crippen molar-refractivity contribution in [2.75, 3.05) is 0 Å². The van der Waals surface area contributed by atoms with E-state index in [0.717, 1.165) is 28.0 Å². The van der Waals surface area contributed by atoms with Gasteiger partial charge in [-0.2, -0.15) is 5.10 Å². The van der Waals surface area contributed by atoms with Gasteiger partial charge in [-0.3, -0.25) is 4.79 Å². The van der Waals surface area contributed by atoms with Crippen LogP contribution in [0.5, 0.6) is 0 Å². The number of carbonyl (C=O) groups is 1. The molecule has 100 valence electrons. The predicted octanol–water partition coefficient (Wildman–Crippen LogP) is 3.43. The maximum Gasteiger partial charge on any atom is 0.153 e. The van der Waals surface area contributed by atoms with Gasteiger partial charge in [-0.15, -0.1) is 11.3 Å². The van der Waals surface area contributed by atoms with Crippen LogP contribution < -0.4 is 0 Å². The van der Waals surface area contributed by atoms with Gasteiger partial charge in [0.15, 0.2) is 12.1 Å². The van der Waals surface area contributed by atoms with Gasteiger partial charge in [0.05, 0.1) is 10.4 Å². The summed E-state index contributed by atoms with van der Waals surface area (Å²) in [7, 11) is 0. The van der Waals surface area contributed by atoms with E-state index < -0.39 is 0 Å². The first-order valence-corrected chi connectivity index (χ1v) is 7.09. The molecule has 0 aromatic carbocycles. The van der Waals surface area contributed by atoms with Crippen molar-refractivity contribution in [1.29, 1.82) is 0 Å². The van der Waals surface area contributed by atoms with Crippen LogP contribution in [0.3, 0.4) is 0 Å². The summed E-state index contributed by atoms with van der Waals surface area (Å²) in [5.41, 5.74) is 3.53. The van der Waals surface area contributed by atoms with Crippen molar-refractivity contribution in [3.8, 4) is 16.4 Å². The third-order valence-electron chi connectivity index (χ3n) is 3.08. The van der Waals surface area contributed by atoms with Crippen LogP contribution in [0.2, 0.25) is 0 Å². The number of aldehydes is 1. The van der Waals surface area contributed by atoms with Crippen LogP contribution >= 0.6 is 11.3 Å². The molecule has 0 aliphatic rings. The minimum Gasteiger partial charge on any atom is -0.298 e. The fourth-order valence-corrected chi connectivity index (χ4v) is 2.96. The molecule has 0 radical (unpaired) electrons. The molecule has 3 aromatic rings. The number of thiophene rings is 1. The second-order valence-corrected chi connectivity index (χ2v) is 5.54. The van der Waals surface area contributed by atoms with Gasteiger partial charge in [0.25, 0.3) is 0 Å². The number of pyridine rings is 1. The topological polar surface area (TPSA) is 47.8 Å². The summed E-state index contributed by atoms with van der Waals surface area (Å²) in [6.45, 7) is 4.02. The Bertz CT molecular complexity index is 773. The minimum absolute atomic E-state index is 0.582. The molecule has 0 bridgehead atoms. The third kappa shape index (κ3) is 2.16. The van der Waals surface area contributed by atoms with Crippen LogP contribution in [-0.2, 0) is 0 Å². The summed E-state index contributed by atoms with van der Waals surface area (Å²) in [6, 6.07) is 5.89. The van der Waals surface area contributed by atoms with E-state index in [9.17, 15) is 4.79 Å². The van der Waals surface area contributed by atoms with Gasteiger partial charge in [-0.05, 0) is 48.6 Å². The molecule has 0 aliphatic heterocycles. The molecular weight excluding hydrogens is 270 g/mol. The summed E-state index contributed by atoms with van der Waals surface area (Å²) in [5, 5.41) is 6.53. The molecule has 0 unspecified atom stereocenters. The molecule has 0 N–H and O–H groups in total. The van der Waals surface area contributed by atoms with Crippen molar-refractivity contribution in [1.82, 2.24) is 14.8 Å². The zero-order valence-corrected chi connectivity index (χ0v) is 12.0. The number of aryl methyl sites for hydroxylation is 2. The molecule has 0 saturated carbocycles. The van der Waals surface area contributed by atoms with Gasteiger partial charge in [0.1, 0.15) is 5.69 Å². The number of carbonyl (C=O) groups excluding carboxylic acids is 1. The molecule has 3 heterocycles. The highest BCUT2D eigenvalue weighted by Crippen LogP contribution is 2.30. The fraction of sp³-hybridized carbons (Fsp3) is 0.133. The quantitative estimate of drug-likeness (QED) is 0.692. The molecule has 3 aromatic heterocycles. The van der Waals surface area contributed by atoms with Gasteiger partial charge < -0.3 is 0 Å². The van der Waals surface area contributed by atoms with Crippen molar-refractivity contribution in [2.45, 2.75) is 13.8 Å². The SMILES string of the molecule is Cc1ccnc(-n2cc(C=O)c(-c3sccc3C)n2)c1. The van der Waals surface area contributed by atoms with Crippen molar-refractivity contribution in [3.05, 3.63) is 52.7 Å². The lowest BCUT2D eigenvalue weighted by Gasteiger charge is -2.00. The van der Waals surface area contributed by atoms with E-state index in [4.69, 9.17) is 0 Å². The van der Waals surface area contributed by atoms with Gasteiger partial charge in [-0.25, -0.2) is 9.67 Å². The molecule has 0 atom stereocenters. The zero-order valence-electron chi connectivity index (χ0n) is 11.2. The second-order valence-electron chi connectivity index (χ2n) is 4.62. The van der Waals surface area contributed by atoms with E-state index in [2.05, 4.69) is 10.1 Å². The van der Waals surface area contributed by atoms with E-state index in [-0.39, 0.29) is 0 Å². The van der Waals surface area contributed by atoms with Crippen LogP contribution in [0.15, 0.2) is 36.0 Å². The second kappa shape index (κ2) is 5.02. The van der Waals surface area contributed by atoms with Crippen molar-refractivity contribution in [3.63, 3.8) is 0 Å². The van der Waals surface area contributed by atoms with Gasteiger partial charge >= 0.3 is 0 Å². The first-order chi connectivity index (χ1) is 9.69. The molecule has 0 spiro atoms. The molecule has 0 aliphatic carbocycles. The average molecular weight is 283 g/mol. The molecule has 5 heteroatoms. The van der Waals surface area contributed by atoms with Crippen molar-refractivity contribution >= 4 is 17.6 Å². The molecule has 0 saturated heterocycles. The monoisotopic (exact) mass is 283 g/mol. The maximum absolute atomic E-state index is 11.3. The Labute approximate surface area is 120 Å². The Morgan fingerprint density at radius 1 is 1.30 bits per heavy atom. The van der Waals surface area contributed by atoms with Crippen LogP contribution in [0.1, 0.15) is 21.5 Å². The van der Waals surface area contributed by atoms with E-state index in [1.807, 2.05) is 37.4 Å². The Morgan fingerprint density at radius 2 is 2.15 bits per heavy atom. The summed E-state index contributed by atoms with van der Waals surface area (Å²) in [6.07, 6.45) is 4.31. The Morgan fingerprint density at radius 3 is 2.80 bits per heavy atom. The van der Waals surface area contributed by atoms with Crippen LogP contribution in [0.25, 0.3) is 16.4 Å². The number of hydrogen-bond acceptors (Lipinski definition) is 4. The molecule has 0 fully saturated rings. The lowest BCUT2D eigenvalue weighted by Crippen LogP contribution is -1.98. The number of rotatable bonds is 3. The Kier molecular flexibility index (Phi) is 3.20. The highest BCUT2D eigenvalue weighted by atomic mass is 32.1. The van der Waals surface area contributed by atoms with Crippen LogP contribution in [-0.4, -0.2) is 21.1 Å². The van der Waals surface area contributed by atoms with E-state index in [0.29, 0.717) is 11.4 Å². The molecule has 0 amide bonds. The maximum atomic E-state index is 11.3. The summed E-state index contributed by atoms with van der Waals surface area (Å²) in [5.74, 6) is 0.716. The first kappa shape index (κ1) is 12.7. The van der Waals surface area contributed by atoms with Crippen LogP contribution in [0, 0.1) is 13.8 Å². The number of aromatic nitrogens is 3. The predicted molar refractivity (Wildman–Crippen MR) is 79.5 cm³/mol. The molecule has 4 nitrogen and oxygen atoms in total. The van der Waals surface area contributed by atoms with Crippen LogP contribution in [0.4, 0.5) is 0 Å². The highest BCUT2D eigenvalue weighted by molar-refractivity contribution is 7.13. The molecular formula is C15H13N3OS. The van der Waals surface area contributed by atoms with Gasteiger partial charge in [0.2, 0.25) is 0 Å². The first-order valence-electron chi connectivity index (χ1n) is 6.21.